The smallest absolute Gasteiger partial charge is 0.311 e. The van der Waals surface area contributed by atoms with Gasteiger partial charge in [0.25, 0.3) is 0 Å². The van der Waals surface area contributed by atoms with Crippen molar-refractivity contribution >= 4 is 11.7 Å². The number of aliphatic carboxylic acids is 1. The molecule has 2 N–H and O–H groups in total. The Morgan fingerprint density at radius 1 is 1.60 bits per heavy atom. The minimum Gasteiger partial charge on any atom is -0.497 e. The van der Waals surface area contributed by atoms with Gasteiger partial charge in [0.1, 0.15) is 11.8 Å². The molecule has 0 bridgehead atoms. The molecule has 0 aliphatic heterocycles. The van der Waals surface area contributed by atoms with Crippen LogP contribution in [0, 0.1) is 16.7 Å². The number of benzene rings is 1. The molecule has 0 heterocycles. The molecule has 1 saturated carbocycles. The number of hydrogen-bond donors (Lipinski definition) is 2. The lowest BCUT2D eigenvalue weighted by Gasteiger charge is -2.29. The van der Waals surface area contributed by atoms with Crippen molar-refractivity contribution in [2.75, 3.05) is 12.4 Å². The van der Waals surface area contributed by atoms with E-state index in [0.717, 1.165) is 12.8 Å². The maximum Gasteiger partial charge on any atom is 0.311 e. The van der Waals surface area contributed by atoms with Crippen molar-refractivity contribution < 1.29 is 14.6 Å². The van der Waals surface area contributed by atoms with Crippen molar-refractivity contribution in [1.29, 1.82) is 5.26 Å². The SMILES string of the molecule is COc1ccc(C#N)c(NC2CCCC2(C)C(=O)O)c1. The molecule has 5 heteroatoms. The molecule has 0 radical (unpaired) electrons. The molecule has 2 atom stereocenters. The van der Waals surface area contributed by atoms with E-state index >= 15 is 0 Å². The Morgan fingerprint density at radius 3 is 2.95 bits per heavy atom. The Labute approximate surface area is 118 Å². The number of nitrogens with one attached hydrogen (secondary N) is 1. The zero-order valence-corrected chi connectivity index (χ0v) is 11.6. The van der Waals surface area contributed by atoms with Gasteiger partial charge in [-0.25, -0.2) is 0 Å². The number of nitrogens with zero attached hydrogens (tertiary/aromatic N) is 1. The number of nitriles is 1. The topological polar surface area (TPSA) is 82.3 Å². The summed E-state index contributed by atoms with van der Waals surface area (Å²) in [7, 11) is 1.56. The van der Waals surface area contributed by atoms with Crippen LogP contribution in [-0.2, 0) is 4.79 Å². The van der Waals surface area contributed by atoms with Crippen LogP contribution in [0.5, 0.6) is 5.75 Å². The van der Waals surface area contributed by atoms with Crippen molar-refractivity contribution in [3.63, 3.8) is 0 Å². The molecule has 2 unspecified atom stereocenters. The maximum absolute atomic E-state index is 11.5. The summed E-state index contributed by atoms with van der Waals surface area (Å²) in [6.45, 7) is 1.76. The summed E-state index contributed by atoms with van der Waals surface area (Å²) in [4.78, 5) is 11.5. The normalized spacial score (nSPS) is 24.9. The number of methoxy groups -OCH3 is 1. The lowest BCUT2D eigenvalue weighted by atomic mass is 9.84. The predicted octanol–water partition coefficient (Wildman–Crippen LogP) is 2.62. The average Bonchev–Trinajstić information content (AvgIpc) is 2.81. The number of ether oxygens (including phenoxy) is 1. The van der Waals surface area contributed by atoms with Crippen LogP contribution in [-0.4, -0.2) is 24.2 Å². The van der Waals surface area contributed by atoms with Gasteiger partial charge >= 0.3 is 5.97 Å². The van der Waals surface area contributed by atoms with Gasteiger partial charge in [0.2, 0.25) is 0 Å². The first-order valence-corrected chi connectivity index (χ1v) is 6.59. The summed E-state index contributed by atoms with van der Waals surface area (Å²) < 4.78 is 5.15. The summed E-state index contributed by atoms with van der Waals surface area (Å²) in [5.41, 5.74) is 0.326. The molecular weight excluding hydrogens is 256 g/mol. The van der Waals surface area contributed by atoms with Crippen LogP contribution in [0.25, 0.3) is 0 Å². The molecular formula is C15H18N2O3. The fraction of sp³-hybridized carbons (Fsp3) is 0.467. The van der Waals surface area contributed by atoms with Gasteiger partial charge in [0.15, 0.2) is 0 Å². The summed E-state index contributed by atoms with van der Waals surface area (Å²) in [5, 5.41) is 21.8. The van der Waals surface area contributed by atoms with Gasteiger partial charge in [-0.1, -0.05) is 6.42 Å². The minimum atomic E-state index is -0.797. The molecule has 2 rings (SSSR count). The largest absolute Gasteiger partial charge is 0.497 e. The lowest BCUT2D eigenvalue weighted by Crippen LogP contribution is -2.40. The third kappa shape index (κ3) is 2.42. The van der Waals surface area contributed by atoms with Gasteiger partial charge in [-0.05, 0) is 31.9 Å². The number of hydrogen-bond acceptors (Lipinski definition) is 4. The Morgan fingerprint density at radius 2 is 2.35 bits per heavy atom. The molecule has 106 valence electrons. The highest BCUT2D eigenvalue weighted by molar-refractivity contribution is 5.77. The number of anilines is 1. The standard InChI is InChI=1S/C15H18N2O3/c1-15(14(18)19)7-3-4-13(15)17-12-8-11(20-2)6-5-10(12)9-16/h5-6,8,13,17H,3-4,7H2,1-2H3,(H,18,19). The predicted molar refractivity (Wildman–Crippen MR) is 74.7 cm³/mol. The van der Waals surface area contributed by atoms with E-state index in [9.17, 15) is 9.90 Å². The maximum atomic E-state index is 11.5. The van der Waals surface area contributed by atoms with E-state index in [2.05, 4.69) is 11.4 Å². The average molecular weight is 274 g/mol. The number of carbonyl (C=O) groups is 1. The first kappa shape index (κ1) is 14.2. The van der Waals surface area contributed by atoms with Crippen molar-refractivity contribution in [2.24, 2.45) is 5.41 Å². The number of rotatable bonds is 4. The van der Waals surface area contributed by atoms with E-state index in [1.165, 1.54) is 0 Å². The van der Waals surface area contributed by atoms with Gasteiger partial charge in [0, 0.05) is 12.1 Å². The Hall–Kier alpha value is -2.22. The van der Waals surface area contributed by atoms with Crippen LogP contribution in [0.3, 0.4) is 0 Å². The van der Waals surface area contributed by atoms with Crippen LogP contribution in [0.2, 0.25) is 0 Å². The summed E-state index contributed by atoms with van der Waals surface area (Å²) >= 11 is 0. The summed E-state index contributed by atoms with van der Waals surface area (Å²) in [5.74, 6) is -0.157. The minimum absolute atomic E-state index is 0.181. The van der Waals surface area contributed by atoms with Gasteiger partial charge in [0.05, 0.1) is 23.8 Å². The van der Waals surface area contributed by atoms with E-state index in [1.54, 1.807) is 32.2 Å². The van der Waals surface area contributed by atoms with E-state index in [-0.39, 0.29) is 6.04 Å². The fourth-order valence-corrected chi connectivity index (χ4v) is 2.71. The lowest BCUT2D eigenvalue weighted by molar-refractivity contribution is -0.147. The highest BCUT2D eigenvalue weighted by atomic mass is 16.5. The van der Waals surface area contributed by atoms with Crippen LogP contribution >= 0.6 is 0 Å². The first-order chi connectivity index (χ1) is 9.51. The van der Waals surface area contributed by atoms with Crippen molar-refractivity contribution in [2.45, 2.75) is 32.2 Å². The monoisotopic (exact) mass is 274 g/mol. The number of carboxylic acids is 1. The van der Waals surface area contributed by atoms with E-state index in [0.29, 0.717) is 23.4 Å². The first-order valence-electron chi connectivity index (χ1n) is 6.59. The molecule has 1 fully saturated rings. The van der Waals surface area contributed by atoms with E-state index in [4.69, 9.17) is 10.00 Å². The zero-order chi connectivity index (χ0) is 14.8. The zero-order valence-electron chi connectivity index (χ0n) is 11.6. The van der Waals surface area contributed by atoms with Crippen LogP contribution in [0.4, 0.5) is 5.69 Å². The Kier molecular flexibility index (Phi) is 3.84. The molecule has 1 aromatic rings. The van der Waals surface area contributed by atoms with E-state index in [1.807, 2.05) is 0 Å². The second-order valence-electron chi connectivity index (χ2n) is 5.34. The highest BCUT2D eigenvalue weighted by Crippen LogP contribution is 2.40. The molecule has 0 aromatic heterocycles. The van der Waals surface area contributed by atoms with Gasteiger partial charge < -0.3 is 15.2 Å². The summed E-state index contributed by atoms with van der Waals surface area (Å²) in [6, 6.07) is 7.06. The van der Waals surface area contributed by atoms with Gasteiger partial charge in [-0.2, -0.15) is 5.26 Å². The highest BCUT2D eigenvalue weighted by Gasteiger charge is 2.45. The van der Waals surface area contributed by atoms with E-state index < -0.39 is 11.4 Å². The fourth-order valence-electron chi connectivity index (χ4n) is 2.71. The molecule has 1 aliphatic rings. The molecule has 5 nitrogen and oxygen atoms in total. The molecule has 0 spiro atoms. The second-order valence-corrected chi connectivity index (χ2v) is 5.34. The molecule has 0 saturated heterocycles. The third-order valence-corrected chi connectivity index (χ3v) is 4.12. The Bertz CT molecular complexity index is 565. The Balaban J connectivity index is 2.30. The molecule has 1 aliphatic carbocycles. The quantitative estimate of drug-likeness (QED) is 0.882. The van der Waals surface area contributed by atoms with Crippen molar-refractivity contribution in [3.05, 3.63) is 23.8 Å². The van der Waals surface area contributed by atoms with Crippen LogP contribution in [0.1, 0.15) is 31.7 Å². The van der Waals surface area contributed by atoms with Crippen molar-refractivity contribution in [1.82, 2.24) is 0 Å². The molecule has 1 aromatic carbocycles. The molecule has 20 heavy (non-hydrogen) atoms. The number of carboxylic acid groups (broad SMARTS) is 1. The van der Waals surface area contributed by atoms with Crippen LogP contribution in [0.15, 0.2) is 18.2 Å². The summed E-state index contributed by atoms with van der Waals surface area (Å²) in [6.07, 6.45) is 2.29. The van der Waals surface area contributed by atoms with Crippen LogP contribution < -0.4 is 10.1 Å². The van der Waals surface area contributed by atoms with Gasteiger partial charge in [-0.15, -0.1) is 0 Å². The molecule has 0 amide bonds. The third-order valence-electron chi connectivity index (χ3n) is 4.12. The van der Waals surface area contributed by atoms with Crippen molar-refractivity contribution in [3.8, 4) is 11.8 Å². The van der Waals surface area contributed by atoms with Gasteiger partial charge in [-0.3, -0.25) is 4.79 Å². The second kappa shape index (κ2) is 5.41.